The van der Waals surface area contributed by atoms with Gasteiger partial charge in [-0.1, -0.05) is 24.3 Å². The summed E-state index contributed by atoms with van der Waals surface area (Å²) in [5, 5.41) is 15.3. The molecule has 8 nitrogen and oxygen atoms in total. The fourth-order valence-corrected chi connectivity index (χ4v) is 4.19. The summed E-state index contributed by atoms with van der Waals surface area (Å²) in [5.74, 6) is -0.210. The number of hydrogen-bond acceptors (Lipinski definition) is 5. The van der Waals surface area contributed by atoms with Crippen LogP contribution >= 0.6 is 0 Å². The van der Waals surface area contributed by atoms with E-state index in [0.29, 0.717) is 30.1 Å². The van der Waals surface area contributed by atoms with Gasteiger partial charge in [0.1, 0.15) is 17.5 Å². The third kappa shape index (κ3) is 6.02. The molecule has 4 rings (SSSR count). The molecule has 3 aromatic rings. The smallest absolute Gasteiger partial charge is 0.255 e. The topological polar surface area (TPSA) is 108 Å². The molecular formula is C28H29N3O5. The second kappa shape index (κ2) is 11.4. The standard InChI is InChI=1S/C28H29N3O5/c1-36-22-14-10-20(11-15-22)26(33)29-24-7-3-2-6-23(24)27(34)30-25(28(35)31-16-4-5-17-31)18-19-8-12-21(32)13-9-19/h2-3,6-15,25,32H,4-5,16-18H2,1H3,(H,29,33)(H,30,34). The minimum atomic E-state index is -0.787. The lowest BCUT2D eigenvalue weighted by molar-refractivity contribution is -0.132. The number of phenols is 1. The number of benzene rings is 3. The first-order chi connectivity index (χ1) is 17.4. The molecule has 1 aliphatic rings. The first-order valence-corrected chi connectivity index (χ1v) is 11.9. The van der Waals surface area contributed by atoms with Gasteiger partial charge in [-0.15, -0.1) is 0 Å². The Morgan fingerprint density at radius 2 is 1.58 bits per heavy atom. The largest absolute Gasteiger partial charge is 0.508 e. The van der Waals surface area contributed by atoms with Crippen LogP contribution in [0.5, 0.6) is 11.5 Å². The maximum Gasteiger partial charge on any atom is 0.255 e. The molecule has 1 unspecified atom stereocenters. The summed E-state index contributed by atoms with van der Waals surface area (Å²) < 4.78 is 5.13. The molecule has 3 N–H and O–H groups in total. The quantitative estimate of drug-likeness (QED) is 0.450. The van der Waals surface area contributed by atoms with Crippen molar-refractivity contribution in [3.05, 3.63) is 89.5 Å². The zero-order chi connectivity index (χ0) is 25.5. The van der Waals surface area contributed by atoms with Gasteiger partial charge in [-0.2, -0.15) is 0 Å². The van der Waals surface area contributed by atoms with Crippen LogP contribution < -0.4 is 15.4 Å². The molecular weight excluding hydrogens is 458 g/mol. The SMILES string of the molecule is COc1ccc(C(=O)Nc2ccccc2C(=O)NC(Cc2ccc(O)cc2)C(=O)N2CCCC2)cc1. The van der Waals surface area contributed by atoms with Crippen molar-refractivity contribution in [1.29, 1.82) is 0 Å². The van der Waals surface area contributed by atoms with E-state index in [1.807, 2.05) is 0 Å². The van der Waals surface area contributed by atoms with E-state index >= 15 is 0 Å². The lowest BCUT2D eigenvalue weighted by Crippen LogP contribution is -2.49. The Bertz CT molecular complexity index is 1220. The van der Waals surface area contributed by atoms with Gasteiger partial charge in [-0.05, 0) is 66.9 Å². The Hall–Kier alpha value is -4.33. The molecule has 0 radical (unpaired) electrons. The van der Waals surface area contributed by atoms with Gasteiger partial charge in [-0.3, -0.25) is 14.4 Å². The molecule has 0 bridgehead atoms. The molecule has 1 saturated heterocycles. The molecule has 8 heteroatoms. The second-order valence-corrected chi connectivity index (χ2v) is 8.66. The minimum Gasteiger partial charge on any atom is -0.508 e. The zero-order valence-corrected chi connectivity index (χ0v) is 20.1. The molecule has 36 heavy (non-hydrogen) atoms. The Labute approximate surface area is 209 Å². The summed E-state index contributed by atoms with van der Waals surface area (Å²) in [5.41, 5.74) is 1.82. The van der Waals surface area contributed by atoms with Gasteiger partial charge in [0.2, 0.25) is 5.91 Å². The van der Waals surface area contributed by atoms with Crippen LogP contribution in [0.25, 0.3) is 0 Å². The number of carbonyl (C=O) groups is 3. The number of aromatic hydroxyl groups is 1. The van der Waals surface area contributed by atoms with Gasteiger partial charge in [0.25, 0.3) is 11.8 Å². The molecule has 0 spiro atoms. The van der Waals surface area contributed by atoms with Gasteiger partial charge in [0.15, 0.2) is 0 Å². The van der Waals surface area contributed by atoms with Crippen molar-refractivity contribution in [2.45, 2.75) is 25.3 Å². The number of likely N-dealkylation sites (tertiary alicyclic amines) is 1. The molecule has 3 amide bonds. The van der Waals surface area contributed by atoms with E-state index in [-0.39, 0.29) is 29.5 Å². The van der Waals surface area contributed by atoms with Crippen LogP contribution in [0.4, 0.5) is 5.69 Å². The van der Waals surface area contributed by atoms with Crippen LogP contribution in [-0.2, 0) is 11.2 Å². The minimum absolute atomic E-state index is 0.131. The fraction of sp³-hybridized carbons (Fsp3) is 0.250. The number of carbonyl (C=O) groups excluding carboxylic acids is 3. The fourth-order valence-electron chi connectivity index (χ4n) is 4.19. The maximum absolute atomic E-state index is 13.4. The predicted molar refractivity (Wildman–Crippen MR) is 136 cm³/mol. The number of rotatable bonds is 8. The molecule has 1 heterocycles. The highest BCUT2D eigenvalue weighted by Gasteiger charge is 2.29. The third-order valence-electron chi connectivity index (χ3n) is 6.17. The van der Waals surface area contributed by atoms with Crippen molar-refractivity contribution in [3.8, 4) is 11.5 Å². The number of para-hydroxylation sites is 1. The van der Waals surface area contributed by atoms with Gasteiger partial charge >= 0.3 is 0 Å². The third-order valence-corrected chi connectivity index (χ3v) is 6.17. The summed E-state index contributed by atoms with van der Waals surface area (Å²) in [6.45, 7) is 1.32. The maximum atomic E-state index is 13.4. The summed E-state index contributed by atoms with van der Waals surface area (Å²) in [7, 11) is 1.55. The molecule has 1 fully saturated rings. The Morgan fingerprint density at radius 3 is 2.25 bits per heavy atom. The highest BCUT2D eigenvalue weighted by molar-refractivity contribution is 6.09. The Morgan fingerprint density at radius 1 is 0.917 bits per heavy atom. The van der Waals surface area contributed by atoms with E-state index in [1.165, 1.54) is 0 Å². The first-order valence-electron chi connectivity index (χ1n) is 11.9. The molecule has 0 aliphatic carbocycles. The monoisotopic (exact) mass is 487 g/mol. The highest BCUT2D eigenvalue weighted by Crippen LogP contribution is 2.20. The van der Waals surface area contributed by atoms with Gasteiger partial charge in [-0.25, -0.2) is 0 Å². The normalized spacial score (nSPS) is 13.6. The van der Waals surface area contributed by atoms with Crippen LogP contribution in [0.2, 0.25) is 0 Å². The van der Waals surface area contributed by atoms with Crippen molar-refractivity contribution >= 4 is 23.4 Å². The van der Waals surface area contributed by atoms with Crippen LogP contribution in [0, 0.1) is 0 Å². The lowest BCUT2D eigenvalue weighted by Gasteiger charge is -2.24. The Balaban J connectivity index is 1.53. The van der Waals surface area contributed by atoms with Gasteiger partial charge in [0.05, 0.1) is 18.4 Å². The Kier molecular flexibility index (Phi) is 7.85. The number of nitrogens with one attached hydrogen (secondary N) is 2. The van der Waals surface area contributed by atoms with E-state index in [4.69, 9.17) is 4.74 Å². The van der Waals surface area contributed by atoms with Crippen molar-refractivity contribution < 1.29 is 24.2 Å². The second-order valence-electron chi connectivity index (χ2n) is 8.66. The molecule has 0 saturated carbocycles. The number of nitrogens with zero attached hydrogens (tertiary/aromatic N) is 1. The molecule has 186 valence electrons. The van der Waals surface area contributed by atoms with E-state index in [0.717, 1.165) is 18.4 Å². The van der Waals surface area contributed by atoms with E-state index in [9.17, 15) is 19.5 Å². The van der Waals surface area contributed by atoms with Crippen LogP contribution in [0.1, 0.15) is 39.1 Å². The molecule has 0 aromatic heterocycles. The average Bonchev–Trinajstić information content (AvgIpc) is 3.44. The summed E-state index contributed by atoms with van der Waals surface area (Å²) in [4.78, 5) is 41.2. The van der Waals surface area contributed by atoms with Crippen molar-refractivity contribution in [2.75, 3.05) is 25.5 Å². The van der Waals surface area contributed by atoms with Crippen LogP contribution in [0.15, 0.2) is 72.8 Å². The number of anilines is 1. The predicted octanol–water partition coefficient (Wildman–Crippen LogP) is 3.62. The van der Waals surface area contributed by atoms with Crippen molar-refractivity contribution in [3.63, 3.8) is 0 Å². The van der Waals surface area contributed by atoms with Crippen molar-refractivity contribution in [1.82, 2.24) is 10.2 Å². The lowest BCUT2D eigenvalue weighted by atomic mass is 10.0. The van der Waals surface area contributed by atoms with Crippen LogP contribution in [0.3, 0.4) is 0 Å². The summed E-state index contributed by atoms with van der Waals surface area (Å²) >= 11 is 0. The molecule has 1 aliphatic heterocycles. The highest BCUT2D eigenvalue weighted by atomic mass is 16.5. The van der Waals surface area contributed by atoms with Gasteiger partial charge in [0, 0.05) is 25.1 Å². The van der Waals surface area contributed by atoms with Gasteiger partial charge < -0.3 is 25.4 Å². The summed E-state index contributed by atoms with van der Waals surface area (Å²) in [6.07, 6.45) is 2.15. The number of amides is 3. The number of phenolic OH excluding ortho intramolecular Hbond substituents is 1. The van der Waals surface area contributed by atoms with Crippen molar-refractivity contribution in [2.24, 2.45) is 0 Å². The molecule has 3 aromatic carbocycles. The first kappa shape index (κ1) is 24.8. The van der Waals surface area contributed by atoms with Crippen LogP contribution in [-0.4, -0.2) is 54.0 Å². The number of ether oxygens (including phenoxy) is 1. The summed E-state index contributed by atoms with van der Waals surface area (Å²) in [6, 6.07) is 19.1. The average molecular weight is 488 g/mol. The van der Waals surface area contributed by atoms with E-state index in [2.05, 4.69) is 10.6 Å². The zero-order valence-electron chi connectivity index (χ0n) is 20.1. The number of methoxy groups -OCH3 is 1. The van der Waals surface area contributed by atoms with E-state index < -0.39 is 11.9 Å². The molecule has 1 atom stereocenters. The van der Waals surface area contributed by atoms with E-state index in [1.54, 1.807) is 84.8 Å². The number of hydrogen-bond donors (Lipinski definition) is 3.